The van der Waals surface area contributed by atoms with Crippen molar-refractivity contribution in [1.82, 2.24) is 0 Å². The van der Waals surface area contributed by atoms with E-state index in [2.05, 4.69) is 6.92 Å². The molecule has 0 aliphatic rings. The quantitative estimate of drug-likeness (QED) is 0.562. The number of halogens is 1. The third-order valence-corrected chi connectivity index (χ3v) is 1.51. The molecule has 62 valence electrons. The highest BCUT2D eigenvalue weighted by molar-refractivity contribution is 4.54. The number of unbranched alkanes of at least 4 members (excludes halogenated alkanes) is 1. The highest BCUT2D eigenvalue weighted by Crippen LogP contribution is 2.07. The van der Waals surface area contributed by atoms with E-state index in [1.165, 1.54) is 0 Å². The lowest BCUT2D eigenvalue weighted by atomic mass is 10.1. The molecule has 2 heteroatoms. The zero-order valence-electron chi connectivity index (χ0n) is 6.90. The molecule has 0 aromatic heterocycles. The minimum absolute atomic E-state index is 0.547. The van der Waals surface area contributed by atoms with E-state index in [-0.39, 0.29) is 0 Å². The van der Waals surface area contributed by atoms with Crippen molar-refractivity contribution in [2.24, 2.45) is 0 Å². The molecule has 1 atom stereocenters. The van der Waals surface area contributed by atoms with Gasteiger partial charge in [0.15, 0.2) is 0 Å². The van der Waals surface area contributed by atoms with Gasteiger partial charge in [0.25, 0.3) is 0 Å². The van der Waals surface area contributed by atoms with Gasteiger partial charge >= 0.3 is 0 Å². The zero-order chi connectivity index (χ0) is 7.82. The van der Waals surface area contributed by atoms with Gasteiger partial charge in [0.1, 0.15) is 6.17 Å². The van der Waals surface area contributed by atoms with Gasteiger partial charge in [0.2, 0.25) is 0 Å². The van der Waals surface area contributed by atoms with E-state index in [1.807, 2.05) is 0 Å². The number of hydrogen-bond donors (Lipinski definition) is 0. The molecule has 0 heterocycles. The molecule has 0 amide bonds. The zero-order valence-corrected chi connectivity index (χ0v) is 6.90. The third-order valence-electron chi connectivity index (χ3n) is 1.51. The summed E-state index contributed by atoms with van der Waals surface area (Å²) in [7, 11) is 1.60. The highest BCUT2D eigenvalue weighted by Gasteiger charge is 2.03. The summed E-state index contributed by atoms with van der Waals surface area (Å²) in [4.78, 5) is 0. The SMILES string of the molecule is CCCCC(F)CCOC. The molecule has 0 N–H and O–H groups in total. The van der Waals surface area contributed by atoms with Crippen LogP contribution in [0.3, 0.4) is 0 Å². The van der Waals surface area contributed by atoms with Crippen LogP contribution in [0, 0.1) is 0 Å². The summed E-state index contributed by atoms with van der Waals surface area (Å²) in [5.41, 5.74) is 0. The number of rotatable bonds is 6. The van der Waals surface area contributed by atoms with Gasteiger partial charge in [0.05, 0.1) is 0 Å². The average molecular weight is 148 g/mol. The first kappa shape index (κ1) is 9.89. The number of ether oxygens (including phenoxy) is 1. The van der Waals surface area contributed by atoms with E-state index >= 15 is 0 Å². The van der Waals surface area contributed by atoms with Gasteiger partial charge in [-0.15, -0.1) is 0 Å². The van der Waals surface area contributed by atoms with Crippen LogP contribution in [0.25, 0.3) is 0 Å². The van der Waals surface area contributed by atoms with Crippen LogP contribution in [-0.2, 0) is 4.74 Å². The van der Waals surface area contributed by atoms with Crippen LogP contribution in [-0.4, -0.2) is 19.9 Å². The molecule has 0 aromatic rings. The molecule has 1 unspecified atom stereocenters. The Labute approximate surface area is 62.6 Å². The summed E-state index contributed by atoms with van der Waals surface area (Å²) in [6.07, 6.45) is 2.66. The molecular weight excluding hydrogens is 131 g/mol. The van der Waals surface area contributed by atoms with Crippen LogP contribution in [0.4, 0.5) is 4.39 Å². The van der Waals surface area contributed by atoms with E-state index in [0.717, 1.165) is 12.8 Å². The van der Waals surface area contributed by atoms with Gasteiger partial charge in [-0.3, -0.25) is 0 Å². The van der Waals surface area contributed by atoms with Crippen molar-refractivity contribution in [3.63, 3.8) is 0 Å². The van der Waals surface area contributed by atoms with Crippen molar-refractivity contribution in [3.8, 4) is 0 Å². The lowest BCUT2D eigenvalue weighted by molar-refractivity contribution is 0.157. The van der Waals surface area contributed by atoms with Crippen LogP contribution in [0.2, 0.25) is 0 Å². The molecule has 0 rings (SSSR count). The molecule has 0 aliphatic heterocycles. The fourth-order valence-electron chi connectivity index (χ4n) is 0.816. The molecule has 0 saturated carbocycles. The van der Waals surface area contributed by atoms with E-state index < -0.39 is 6.17 Å². The molecule has 0 aromatic carbocycles. The van der Waals surface area contributed by atoms with Crippen molar-refractivity contribution < 1.29 is 9.13 Å². The normalized spacial score (nSPS) is 13.5. The van der Waals surface area contributed by atoms with Crippen molar-refractivity contribution in [2.45, 2.75) is 38.8 Å². The second-order valence-corrected chi connectivity index (χ2v) is 2.52. The summed E-state index contributed by atoms with van der Waals surface area (Å²) < 4.78 is 17.4. The van der Waals surface area contributed by atoms with Crippen molar-refractivity contribution in [1.29, 1.82) is 0 Å². The van der Waals surface area contributed by atoms with Gasteiger partial charge in [-0.05, 0) is 6.42 Å². The Kier molecular flexibility index (Phi) is 6.93. The molecule has 0 bridgehead atoms. The van der Waals surface area contributed by atoms with Crippen LogP contribution in [0.5, 0.6) is 0 Å². The summed E-state index contributed by atoms with van der Waals surface area (Å²) in [5.74, 6) is 0. The molecule has 0 fully saturated rings. The Balaban J connectivity index is 3.00. The van der Waals surface area contributed by atoms with Crippen molar-refractivity contribution in [2.75, 3.05) is 13.7 Å². The Hall–Kier alpha value is -0.110. The Bertz CT molecular complexity index is 58.3. The number of alkyl halides is 1. The first-order valence-electron chi connectivity index (χ1n) is 3.94. The van der Waals surface area contributed by atoms with Crippen LogP contribution < -0.4 is 0 Å². The first-order chi connectivity index (χ1) is 4.81. The fraction of sp³-hybridized carbons (Fsp3) is 1.00. The van der Waals surface area contributed by atoms with Crippen LogP contribution >= 0.6 is 0 Å². The molecule has 1 nitrogen and oxygen atoms in total. The standard InChI is InChI=1S/C8H17FO/c1-3-4-5-8(9)6-7-10-2/h8H,3-7H2,1-2H3. The fourth-order valence-corrected chi connectivity index (χ4v) is 0.816. The maximum absolute atomic E-state index is 12.7. The monoisotopic (exact) mass is 148 g/mol. The Morgan fingerprint density at radius 3 is 2.60 bits per heavy atom. The van der Waals surface area contributed by atoms with E-state index in [1.54, 1.807) is 7.11 Å². The average Bonchev–Trinajstić information content (AvgIpc) is 1.97. The van der Waals surface area contributed by atoms with Crippen molar-refractivity contribution in [3.05, 3.63) is 0 Å². The van der Waals surface area contributed by atoms with Crippen molar-refractivity contribution >= 4 is 0 Å². The van der Waals surface area contributed by atoms with Gasteiger partial charge in [-0.2, -0.15) is 0 Å². The summed E-state index contributed by atoms with van der Waals surface area (Å²) in [5, 5.41) is 0. The maximum Gasteiger partial charge on any atom is 0.102 e. The number of hydrogen-bond acceptors (Lipinski definition) is 1. The Morgan fingerprint density at radius 2 is 2.10 bits per heavy atom. The molecular formula is C8H17FO. The van der Waals surface area contributed by atoms with Gasteiger partial charge in [-0.1, -0.05) is 19.8 Å². The highest BCUT2D eigenvalue weighted by atomic mass is 19.1. The topological polar surface area (TPSA) is 9.23 Å². The molecule has 10 heavy (non-hydrogen) atoms. The first-order valence-corrected chi connectivity index (χ1v) is 3.94. The minimum atomic E-state index is -0.653. The second kappa shape index (κ2) is 7.00. The van der Waals surface area contributed by atoms with E-state index in [9.17, 15) is 4.39 Å². The van der Waals surface area contributed by atoms with Crippen LogP contribution in [0.15, 0.2) is 0 Å². The summed E-state index contributed by atoms with van der Waals surface area (Å²) in [6, 6.07) is 0. The predicted molar refractivity (Wildman–Crippen MR) is 40.9 cm³/mol. The second-order valence-electron chi connectivity index (χ2n) is 2.52. The van der Waals surface area contributed by atoms with E-state index in [0.29, 0.717) is 19.4 Å². The van der Waals surface area contributed by atoms with Gasteiger partial charge in [0, 0.05) is 20.1 Å². The minimum Gasteiger partial charge on any atom is -0.385 e. The summed E-state index contributed by atoms with van der Waals surface area (Å²) >= 11 is 0. The van der Waals surface area contributed by atoms with Gasteiger partial charge in [-0.25, -0.2) is 4.39 Å². The molecule has 0 spiro atoms. The molecule has 0 aliphatic carbocycles. The van der Waals surface area contributed by atoms with Crippen LogP contribution in [0.1, 0.15) is 32.6 Å². The largest absolute Gasteiger partial charge is 0.385 e. The lowest BCUT2D eigenvalue weighted by Gasteiger charge is -2.04. The summed E-state index contributed by atoms with van der Waals surface area (Å²) in [6.45, 7) is 2.62. The Morgan fingerprint density at radius 1 is 1.40 bits per heavy atom. The smallest absolute Gasteiger partial charge is 0.102 e. The number of methoxy groups -OCH3 is 1. The third kappa shape index (κ3) is 6.02. The predicted octanol–water partition coefficient (Wildman–Crippen LogP) is 2.55. The van der Waals surface area contributed by atoms with Gasteiger partial charge < -0.3 is 4.74 Å². The lowest BCUT2D eigenvalue weighted by Crippen LogP contribution is -2.03. The van der Waals surface area contributed by atoms with E-state index in [4.69, 9.17) is 4.74 Å². The molecule has 0 saturated heterocycles. The maximum atomic E-state index is 12.7. The molecule has 0 radical (unpaired) electrons.